The van der Waals surface area contributed by atoms with E-state index in [1.807, 2.05) is 54.6 Å². The number of nitriles is 1. The molecule has 2 aromatic carbocycles. The molecule has 3 aromatic rings. The lowest BCUT2D eigenvalue weighted by Gasteiger charge is -2.02. The molecule has 6 heteroatoms. The van der Waals surface area contributed by atoms with E-state index in [9.17, 15) is 10.1 Å². The molecule has 0 saturated heterocycles. The summed E-state index contributed by atoms with van der Waals surface area (Å²) in [5, 5.41) is 18.2. The topological polar surface area (TPSA) is 84.7 Å². The molecule has 0 saturated carbocycles. The van der Waals surface area contributed by atoms with Crippen molar-refractivity contribution in [1.82, 2.24) is 9.66 Å². The van der Waals surface area contributed by atoms with E-state index in [-0.39, 0.29) is 0 Å². The highest BCUT2D eigenvalue weighted by atomic mass is 16.7. The van der Waals surface area contributed by atoms with Gasteiger partial charge in [0, 0.05) is 0 Å². The van der Waals surface area contributed by atoms with Gasteiger partial charge in [-0.2, -0.15) is 5.26 Å². The summed E-state index contributed by atoms with van der Waals surface area (Å²) in [6.45, 7) is 0. The first-order valence-electron chi connectivity index (χ1n) is 6.39. The van der Waals surface area contributed by atoms with Crippen LogP contribution in [0.25, 0.3) is 11.1 Å². The van der Waals surface area contributed by atoms with Gasteiger partial charge in [0.2, 0.25) is 0 Å². The number of hydrogen-bond donors (Lipinski definition) is 0. The molecule has 0 spiro atoms. The Morgan fingerprint density at radius 2 is 1.77 bits per heavy atom. The predicted octanol–water partition coefficient (Wildman–Crippen LogP) is 3.15. The quantitative estimate of drug-likeness (QED) is 0.536. The lowest BCUT2D eigenvalue weighted by molar-refractivity contribution is -0.542. The molecule has 6 nitrogen and oxygen atoms in total. The van der Waals surface area contributed by atoms with Gasteiger partial charge in [0.1, 0.15) is 0 Å². The van der Waals surface area contributed by atoms with Crippen molar-refractivity contribution in [3.05, 3.63) is 89.0 Å². The lowest BCUT2D eigenvalue weighted by atomic mass is 10.0. The maximum Gasteiger partial charge on any atom is 0.170 e. The van der Waals surface area contributed by atoms with Crippen LogP contribution in [-0.4, -0.2) is 14.7 Å². The van der Waals surface area contributed by atoms with Gasteiger partial charge in [0.25, 0.3) is 0 Å². The Kier molecular flexibility index (Phi) is 5.00. The van der Waals surface area contributed by atoms with E-state index in [0.29, 0.717) is 0 Å². The van der Waals surface area contributed by atoms with Crippen molar-refractivity contribution < 1.29 is 5.03 Å². The van der Waals surface area contributed by atoms with Gasteiger partial charge < -0.3 is 0 Å². The van der Waals surface area contributed by atoms with Gasteiger partial charge in [-0.05, 0) is 17.2 Å². The Balaban J connectivity index is 0.000000188. The second-order valence-corrected chi connectivity index (χ2v) is 4.20. The zero-order valence-electron chi connectivity index (χ0n) is 11.5. The number of nitrogens with zero attached hydrogens (tertiary/aromatic N) is 4. The maximum absolute atomic E-state index is 9.79. The Morgan fingerprint density at radius 3 is 2.32 bits per heavy atom. The number of benzene rings is 2. The molecule has 3 rings (SSSR count). The smallest absolute Gasteiger partial charge is 0.170 e. The van der Waals surface area contributed by atoms with Crippen molar-refractivity contribution in [2.75, 3.05) is 0 Å². The minimum atomic E-state index is -0.562. The van der Waals surface area contributed by atoms with Crippen LogP contribution in [0.4, 0.5) is 0 Å². The Bertz CT molecular complexity index is 777. The minimum Gasteiger partial charge on any atom is -0.239 e. The van der Waals surface area contributed by atoms with E-state index in [1.165, 1.54) is 12.4 Å². The molecule has 0 fully saturated rings. The lowest BCUT2D eigenvalue weighted by Crippen LogP contribution is -2.04. The van der Waals surface area contributed by atoms with Gasteiger partial charge in [-0.15, -0.1) is 0 Å². The predicted molar refractivity (Wildman–Crippen MR) is 81.2 cm³/mol. The van der Waals surface area contributed by atoms with Gasteiger partial charge >= 0.3 is 0 Å². The fourth-order valence-electron chi connectivity index (χ4n) is 1.80. The molecule has 1 aromatic heterocycles. The van der Waals surface area contributed by atoms with Crippen LogP contribution < -0.4 is 0 Å². The summed E-state index contributed by atoms with van der Waals surface area (Å²) in [6, 6.07) is 19.8. The summed E-state index contributed by atoms with van der Waals surface area (Å²) in [7, 11) is 0. The first-order valence-corrected chi connectivity index (χ1v) is 6.39. The third-order valence-electron chi connectivity index (χ3n) is 2.81. The molecule has 1 heterocycles. The zero-order valence-corrected chi connectivity index (χ0v) is 11.5. The molecule has 0 aliphatic heterocycles. The normalized spacial score (nSPS) is 9.23. The van der Waals surface area contributed by atoms with Crippen molar-refractivity contribution in [3.63, 3.8) is 0 Å². The fraction of sp³-hybridized carbons (Fsp3) is 0. The summed E-state index contributed by atoms with van der Waals surface area (Å²) >= 11 is 0. The second-order valence-electron chi connectivity index (χ2n) is 4.20. The molecule has 0 aliphatic carbocycles. The van der Waals surface area contributed by atoms with E-state index >= 15 is 0 Å². The molecular formula is C16H12N4O2. The second kappa shape index (κ2) is 7.36. The first-order chi connectivity index (χ1) is 10.7. The van der Waals surface area contributed by atoms with Crippen LogP contribution in [0.2, 0.25) is 0 Å². The van der Waals surface area contributed by atoms with E-state index in [0.717, 1.165) is 27.7 Å². The van der Waals surface area contributed by atoms with Gasteiger partial charge in [0.15, 0.2) is 11.4 Å². The van der Waals surface area contributed by atoms with Gasteiger partial charge in [-0.1, -0.05) is 53.2 Å². The molecule has 0 amide bonds. The highest BCUT2D eigenvalue weighted by Gasteiger charge is 2.01. The van der Waals surface area contributed by atoms with E-state index in [4.69, 9.17) is 5.26 Å². The van der Waals surface area contributed by atoms with Crippen LogP contribution in [0.5, 0.6) is 0 Å². The molecule has 108 valence electrons. The number of hydrogen-bond acceptors (Lipinski definition) is 4. The largest absolute Gasteiger partial charge is 0.239 e. The standard InChI is InChI=1S/C13H9N.C3H3N3O2/c14-10-12-8-4-5-9-13(12)11-6-2-1-3-7-11;7-6(8)5-2-1-4-3-5/h1-9H;1-3H. The van der Waals surface area contributed by atoms with Crippen molar-refractivity contribution in [3.8, 4) is 17.2 Å². The van der Waals surface area contributed by atoms with Crippen molar-refractivity contribution in [2.45, 2.75) is 0 Å². The monoisotopic (exact) mass is 292 g/mol. The van der Waals surface area contributed by atoms with Crippen LogP contribution in [0.15, 0.2) is 73.3 Å². The molecule has 0 atom stereocenters. The highest BCUT2D eigenvalue weighted by molar-refractivity contribution is 5.70. The Labute approximate surface area is 127 Å². The van der Waals surface area contributed by atoms with Crippen LogP contribution in [-0.2, 0) is 0 Å². The number of imidazole rings is 1. The van der Waals surface area contributed by atoms with Crippen LogP contribution >= 0.6 is 0 Å². The average molecular weight is 292 g/mol. The third kappa shape index (κ3) is 3.77. The van der Waals surface area contributed by atoms with Gasteiger partial charge in [-0.25, -0.2) is 15.1 Å². The summed E-state index contributed by atoms with van der Waals surface area (Å²) in [5.41, 5.74) is 2.80. The molecule has 0 radical (unpaired) electrons. The number of aromatic nitrogens is 2. The first kappa shape index (κ1) is 14.9. The van der Waals surface area contributed by atoms with Crippen molar-refractivity contribution in [1.29, 1.82) is 5.26 Å². The molecular weight excluding hydrogens is 280 g/mol. The third-order valence-corrected chi connectivity index (χ3v) is 2.81. The molecule has 22 heavy (non-hydrogen) atoms. The molecule has 0 unspecified atom stereocenters. The number of rotatable bonds is 2. The van der Waals surface area contributed by atoms with Crippen LogP contribution in [0.3, 0.4) is 0 Å². The van der Waals surface area contributed by atoms with E-state index < -0.39 is 5.03 Å². The molecule has 0 bridgehead atoms. The summed E-state index contributed by atoms with van der Waals surface area (Å²) < 4.78 is 0.778. The summed E-state index contributed by atoms with van der Waals surface area (Å²) in [4.78, 5) is 13.3. The van der Waals surface area contributed by atoms with Crippen molar-refractivity contribution >= 4 is 0 Å². The molecule has 0 N–H and O–H groups in total. The van der Waals surface area contributed by atoms with Crippen LogP contribution in [0, 0.1) is 21.4 Å². The maximum atomic E-state index is 9.79. The van der Waals surface area contributed by atoms with Gasteiger partial charge in [-0.3, -0.25) is 0 Å². The summed E-state index contributed by atoms with van der Waals surface area (Å²) in [6.07, 6.45) is 3.74. The Hall–Kier alpha value is -3.46. The zero-order chi connectivity index (χ0) is 15.8. The summed E-state index contributed by atoms with van der Waals surface area (Å²) in [5.74, 6) is 0. The highest BCUT2D eigenvalue weighted by Crippen LogP contribution is 2.22. The fourth-order valence-corrected chi connectivity index (χ4v) is 1.80. The van der Waals surface area contributed by atoms with E-state index in [2.05, 4.69) is 11.1 Å². The van der Waals surface area contributed by atoms with Gasteiger partial charge in [0.05, 0.1) is 24.0 Å². The average Bonchev–Trinajstić information content (AvgIpc) is 3.11. The Morgan fingerprint density at radius 1 is 1.09 bits per heavy atom. The SMILES string of the molecule is N#Cc1ccccc1-c1ccccc1.O=[N+]([O-])n1ccnc1. The van der Waals surface area contributed by atoms with Crippen molar-refractivity contribution in [2.24, 2.45) is 0 Å². The van der Waals surface area contributed by atoms with E-state index in [1.54, 1.807) is 0 Å². The molecule has 0 aliphatic rings. The van der Waals surface area contributed by atoms with Crippen LogP contribution in [0.1, 0.15) is 5.56 Å². The minimum absolute atomic E-state index is 0.562. The number of nitro groups is 1.